The van der Waals surface area contributed by atoms with Crippen molar-refractivity contribution in [2.45, 2.75) is 20.3 Å². The van der Waals surface area contributed by atoms with E-state index in [0.717, 1.165) is 19.5 Å². The summed E-state index contributed by atoms with van der Waals surface area (Å²) in [6.45, 7) is 5.58. The van der Waals surface area contributed by atoms with Crippen LogP contribution in [0.4, 0.5) is 10.7 Å². The van der Waals surface area contributed by atoms with E-state index in [0.29, 0.717) is 10.6 Å². The molecule has 0 saturated carbocycles. The number of hydrogen-bond donors (Lipinski definition) is 2. The second-order valence-corrected chi connectivity index (χ2v) is 5.17. The molecule has 20 heavy (non-hydrogen) atoms. The van der Waals surface area contributed by atoms with Crippen LogP contribution in [0.3, 0.4) is 0 Å². The van der Waals surface area contributed by atoms with Crippen molar-refractivity contribution >= 4 is 33.9 Å². The normalized spacial score (nSPS) is 10.2. The maximum atomic E-state index is 12.0. The lowest BCUT2D eigenvalue weighted by Crippen LogP contribution is -2.27. The molecule has 1 aromatic heterocycles. The van der Waals surface area contributed by atoms with Gasteiger partial charge in [-0.25, -0.2) is 4.79 Å². The van der Waals surface area contributed by atoms with Gasteiger partial charge < -0.3 is 20.7 Å². The van der Waals surface area contributed by atoms with E-state index in [1.54, 1.807) is 0 Å². The Kier molecular flexibility index (Phi) is 5.82. The zero-order valence-electron chi connectivity index (χ0n) is 12.3. The van der Waals surface area contributed by atoms with Crippen LogP contribution in [0.15, 0.2) is 0 Å². The molecule has 0 saturated heterocycles. The Balaban J connectivity index is 3.40. The van der Waals surface area contributed by atoms with Crippen molar-refractivity contribution in [3.05, 3.63) is 10.4 Å². The van der Waals surface area contributed by atoms with Crippen molar-refractivity contribution in [1.82, 2.24) is 5.32 Å². The minimum atomic E-state index is -0.517. The van der Waals surface area contributed by atoms with Gasteiger partial charge in [-0.05, 0) is 13.3 Å². The lowest BCUT2D eigenvalue weighted by Gasteiger charge is -2.21. The highest BCUT2D eigenvalue weighted by Crippen LogP contribution is 2.38. The first kappa shape index (κ1) is 16.3. The highest BCUT2D eigenvalue weighted by molar-refractivity contribution is 7.19. The van der Waals surface area contributed by atoms with E-state index in [-0.39, 0.29) is 16.5 Å². The molecule has 1 rings (SSSR count). The van der Waals surface area contributed by atoms with Crippen molar-refractivity contribution in [1.29, 1.82) is 0 Å². The van der Waals surface area contributed by atoms with Crippen molar-refractivity contribution in [2.24, 2.45) is 0 Å². The lowest BCUT2D eigenvalue weighted by molar-refractivity contribution is 0.0607. The van der Waals surface area contributed by atoms with Crippen LogP contribution in [-0.2, 0) is 4.74 Å². The highest BCUT2D eigenvalue weighted by Gasteiger charge is 2.27. The summed E-state index contributed by atoms with van der Waals surface area (Å²) in [7, 11) is 2.83. The summed E-state index contributed by atoms with van der Waals surface area (Å²) >= 11 is 1.20. The Morgan fingerprint density at radius 3 is 2.50 bits per heavy atom. The van der Waals surface area contributed by atoms with E-state index >= 15 is 0 Å². The number of thiophene rings is 1. The largest absolute Gasteiger partial charge is 0.465 e. The molecule has 0 aliphatic heterocycles. The number of nitrogens with one attached hydrogen (secondary N) is 1. The Labute approximate surface area is 122 Å². The average molecular weight is 299 g/mol. The Hall–Kier alpha value is -1.76. The number of ether oxygens (including phenoxy) is 1. The van der Waals surface area contributed by atoms with Crippen LogP contribution in [0.5, 0.6) is 0 Å². The van der Waals surface area contributed by atoms with Crippen LogP contribution in [0, 0.1) is 0 Å². The Bertz CT molecular complexity index is 499. The fourth-order valence-corrected chi connectivity index (χ4v) is 3.14. The standard InChI is InChI=1S/C13H21N3O3S/c1-5-7-16(6-2)12-8(11(17)15-3)9(14)10(20-12)13(18)19-4/h5-7,14H2,1-4H3,(H,15,17). The molecule has 0 atom stereocenters. The number of methoxy groups -OCH3 is 1. The fraction of sp³-hybridized carbons (Fsp3) is 0.538. The molecular weight excluding hydrogens is 278 g/mol. The molecule has 3 N–H and O–H groups in total. The summed E-state index contributed by atoms with van der Waals surface area (Å²) in [5.74, 6) is -0.810. The zero-order valence-corrected chi connectivity index (χ0v) is 13.1. The van der Waals surface area contributed by atoms with Crippen LogP contribution in [-0.4, -0.2) is 39.1 Å². The molecule has 0 radical (unpaired) electrons. The van der Waals surface area contributed by atoms with E-state index in [2.05, 4.69) is 12.2 Å². The van der Waals surface area contributed by atoms with Crippen molar-refractivity contribution in [3.8, 4) is 0 Å². The molecule has 0 aliphatic carbocycles. The highest BCUT2D eigenvalue weighted by atomic mass is 32.1. The maximum absolute atomic E-state index is 12.0. The smallest absolute Gasteiger partial charge is 0.350 e. The van der Waals surface area contributed by atoms with E-state index in [4.69, 9.17) is 10.5 Å². The molecule has 0 spiro atoms. The van der Waals surface area contributed by atoms with Crippen LogP contribution < -0.4 is 16.0 Å². The van der Waals surface area contributed by atoms with Crippen molar-refractivity contribution in [3.63, 3.8) is 0 Å². The van der Waals surface area contributed by atoms with E-state index in [1.807, 2.05) is 11.8 Å². The predicted molar refractivity (Wildman–Crippen MR) is 81.6 cm³/mol. The molecule has 0 aromatic carbocycles. The van der Waals surface area contributed by atoms with Gasteiger partial charge in [0.2, 0.25) is 0 Å². The third-order valence-corrected chi connectivity index (χ3v) is 4.16. The van der Waals surface area contributed by atoms with Crippen molar-refractivity contribution < 1.29 is 14.3 Å². The molecule has 0 unspecified atom stereocenters. The molecule has 0 bridgehead atoms. The second-order valence-electron chi connectivity index (χ2n) is 4.18. The first-order chi connectivity index (χ1) is 9.51. The quantitative estimate of drug-likeness (QED) is 0.781. The monoisotopic (exact) mass is 299 g/mol. The average Bonchev–Trinajstić information content (AvgIpc) is 2.80. The number of carbonyl (C=O) groups is 2. The number of carbonyl (C=O) groups excluding carboxylic acids is 2. The van der Waals surface area contributed by atoms with Crippen LogP contribution >= 0.6 is 11.3 Å². The topological polar surface area (TPSA) is 84.7 Å². The molecule has 112 valence electrons. The zero-order chi connectivity index (χ0) is 15.3. The first-order valence-corrected chi connectivity index (χ1v) is 7.30. The predicted octanol–water partition coefficient (Wildman–Crippen LogP) is 1.71. The molecule has 0 aliphatic rings. The number of anilines is 2. The number of nitrogen functional groups attached to an aromatic ring is 1. The number of esters is 1. The van der Waals surface area contributed by atoms with Gasteiger partial charge in [0.05, 0.1) is 18.4 Å². The molecule has 7 heteroatoms. The summed E-state index contributed by atoms with van der Waals surface area (Å²) in [5, 5.41) is 3.28. The van der Waals surface area contributed by atoms with Crippen molar-refractivity contribution in [2.75, 3.05) is 37.9 Å². The third-order valence-electron chi connectivity index (χ3n) is 2.91. The Morgan fingerprint density at radius 1 is 1.40 bits per heavy atom. The number of amides is 1. The van der Waals surface area contributed by atoms with Crippen LogP contribution in [0.25, 0.3) is 0 Å². The third kappa shape index (κ3) is 3.04. The molecule has 0 fully saturated rings. The summed E-state index contributed by atoms with van der Waals surface area (Å²) in [6, 6.07) is 0. The van der Waals surface area contributed by atoms with Gasteiger partial charge in [0.15, 0.2) is 0 Å². The van der Waals surface area contributed by atoms with E-state index < -0.39 is 5.97 Å². The minimum absolute atomic E-state index is 0.186. The summed E-state index contributed by atoms with van der Waals surface area (Å²) in [4.78, 5) is 26.1. The molecule has 1 aromatic rings. The molecular formula is C13H21N3O3S. The Morgan fingerprint density at radius 2 is 2.05 bits per heavy atom. The molecule has 1 heterocycles. The molecule has 1 amide bonds. The van der Waals surface area contributed by atoms with Gasteiger partial charge in [0.25, 0.3) is 5.91 Å². The SMILES string of the molecule is CCCN(CC)c1sc(C(=O)OC)c(N)c1C(=O)NC. The van der Waals surface area contributed by atoms with Gasteiger partial charge in [-0.2, -0.15) is 0 Å². The van der Waals surface area contributed by atoms with E-state index in [9.17, 15) is 9.59 Å². The van der Waals surface area contributed by atoms with Gasteiger partial charge in [0.1, 0.15) is 9.88 Å². The summed E-state index contributed by atoms with van der Waals surface area (Å²) in [6.07, 6.45) is 0.937. The van der Waals surface area contributed by atoms with Crippen LogP contribution in [0.2, 0.25) is 0 Å². The second kappa shape index (κ2) is 7.14. The first-order valence-electron chi connectivity index (χ1n) is 6.49. The minimum Gasteiger partial charge on any atom is -0.465 e. The van der Waals surface area contributed by atoms with Gasteiger partial charge in [0, 0.05) is 20.1 Å². The maximum Gasteiger partial charge on any atom is 0.350 e. The lowest BCUT2D eigenvalue weighted by atomic mass is 10.2. The van der Waals surface area contributed by atoms with Gasteiger partial charge in [-0.15, -0.1) is 11.3 Å². The fourth-order valence-electron chi connectivity index (χ4n) is 1.92. The van der Waals surface area contributed by atoms with Gasteiger partial charge >= 0.3 is 5.97 Å². The molecule has 6 nitrogen and oxygen atoms in total. The van der Waals surface area contributed by atoms with Gasteiger partial charge in [-0.1, -0.05) is 6.92 Å². The number of rotatable bonds is 6. The number of nitrogens with two attached hydrogens (primary N) is 1. The number of nitrogens with zero attached hydrogens (tertiary/aromatic N) is 1. The summed E-state index contributed by atoms with van der Waals surface area (Å²) in [5.41, 5.74) is 6.51. The van der Waals surface area contributed by atoms with Crippen LogP contribution in [0.1, 0.15) is 40.3 Å². The van der Waals surface area contributed by atoms with E-state index in [1.165, 1.54) is 25.5 Å². The number of hydrogen-bond acceptors (Lipinski definition) is 6. The summed E-state index contributed by atoms with van der Waals surface area (Å²) < 4.78 is 4.71. The van der Waals surface area contributed by atoms with Gasteiger partial charge in [-0.3, -0.25) is 4.79 Å².